The molecule has 1 aliphatic carbocycles. The minimum Gasteiger partial charge on any atom is -0.325 e. The fraction of sp³-hybridized carbons (Fsp3) is 0.235. The highest BCUT2D eigenvalue weighted by Gasteiger charge is 2.51. The topological polar surface area (TPSA) is 29.1 Å². The molecular weight excluding hydrogens is 314 g/mol. The van der Waals surface area contributed by atoms with Gasteiger partial charge in [-0.25, -0.2) is 0 Å². The highest BCUT2D eigenvalue weighted by Crippen LogP contribution is 2.48. The molecule has 0 radical (unpaired) electrons. The van der Waals surface area contributed by atoms with Crippen molar-refractivity contribution < 1.29 is 4.79 Å². The van der Waals surface area contributed by atoms with E-state index in [1.54, 1.807) is 0 Å². The van der Waals surface area contributed by atoms with Gasteiger partial charge in [-0.05, 0) is 36.1 Å². The number of nitrogens with one attached hydrogen (secondary N) is 1. The van der Waals surface area contributed by atoms with Crippen molar-refractivity contribution in [3.05, 3.63) is 65.7 Å². The Morgan fingerprint density at radius 3 is 2.50 bits per heavy atom. The van der Waals surface area contributed by atoms with E-state index in [0.29, 0.717) is 0 Å². The van der Waals surface area contributed by atoms with E-state index in [-0.39, 0.29) is 11.3 Å². The molecule has 3 heteroatoms. The molecule has 0 unspecified atom stereocenters. The van der Waals surface area contributed by atoms with Crippen molar-refractivity contribution in [2.45, 2.75) is 23.6 Å². The Bertz CT molecular complexity index is 620. The van der Waals surface area contributed by atoms with Crippen LogP contribution in [0.4, 0.5) is 5.69 Å². The smallest absolute Gasteiger partial charge is 0.235 e. The van der Waals surface area contributed by atoms with E-state index in [2.05, 4.69) is 21.2 Å². The summed E-state index contributed by atoms with van der Waals surface area (Å²) < 4.78 is 0. The molecule has 102 valence electrons. The summed E-state index contributed by atoms with van der Waals surface area (Å²) in [6.45, 7) is 0. The first-order chi connectivity index (χ1) is 9.74. The summed E-state index contributed by atoms with van der Waals surface area (Å²) in [6, 6.07) is 18.0. The van der Waals surface area contributed by atoms with Crippen LogP contribution in [0, 0.1) is 0 Å². The number of carbonyl (C=O) groups is 1. The van der Waals surface area contributed by atoms with Crippen molar-refractivity contribution in [3.8, 4) is 0 Å². The van der Waals surface area contributed by atoms with Gasteiger partial charge in [-0.15, -0.1) is 0 Å². The van der Waals surface area contributed by atoms with Crippen LogP contribution in [0.3, 0.4) is 0 Å². The first-order valence-electron chi connectivity index (χ1n) is 6.76. The van der Waals surface area contributed by atoms with Crippen molar-refractivity contribution in [2.75, 3.05) is 5.32 Å². The van der Waals surface area contributed by atoms with Crippen LogP contribution in [0.25, 0.3) is 0 Å². The average Bonchev–Trinajstić information content (AvgIpc) is 3.30. The highest BCUT2D eigenvalue weighted by molar-refractivity contribution is 9.08. The predicted molar refractivity (Wildman–Crippen MR) is 85.1 cm³/mol. The van der Waals surface area contributed by atoms with E-state index in [9.17, 15) is 4.79 Å². The van der Waals surface area contributed by atoms with Gasteiger partial charge in [-0.2, -0.15) is 0 Å². The number of alkyl halides is 1. The van der Waals surface area contributed by atoms with Crippen molar-refractivity contribution in [2.24, 2.45) is 0 Å². The summed E-state index contributed by atoms with van der Waals surface area (Å²) in [6.07, 6.45) is 1.86. The second kappa shape index (κ2) is 5.41. The van der Waals surface area contributed by atoms with Gasteiger partial charge in [-0.1, -0.05) is 58.4 Å². The summed E-state index contributed by atoms with van der Waals surface area (Å²) in [4.78, 5) is 12.6. The van der Waals surface area contributed by atoms with Crippen LogP contribution < -0.4 is 5.32 Å². The lowest BCUT2D eigenvalue weighted by atomic mass is 9.95. The van der Waals surface area contributed by atoms with Crippen LogP contribution in [-0.2, 0) is 15.5 Å². The molecule has 0 heterocycles. The Kier molecular flexibility index (Phi) is 3.62. The number of hydrogen-bond acceptors (Lipinski definition) is 1. The molecule has 0 aromatic heterocycles. The van der Waals surface area contributed by atoms with Crippen molar-refractivity contribution in [3.63, 3.8) is 0 Å². The van der Waals surface area contributed by atoms with Gasteiger partial charge in [0, 0.05) is 11.0 Å². The largest absolute Gasteiger partial charge is 0.325 e. The molecule has 3 rings (SSSR count). The third kappa shape index (κ3) is 2.50. The van der Waals surface area contributed by atoms with Crippen LogP contribution >= 0.6 is 15.9 Å². The molecule has 0 atom stereocenters. The molecule has 20 heavy (non-hydrogen) atoms. The third-order valence-corrected chi connectivity index (χ3v) is 4.50. The number of hydrogen-bond donors (Lipinski definition) is 1. The zero-order valence-corrected chi connectivity index (χ0v) is 12.7. The van der Waals surface area contributed by atoms with Gasteiger partial charge in [0.1, 0.15) is 0 Å². The second-order valence-electron chi connectivity index (χ2n) is 5.24. The second-order valence-corrected chi connectivity index (χ2v) is 5.80. The van der Waals surface area contributed by atoms with Gasteiger partial charge in [-0.3, -0.25) is 4.79 Å². The van der Waals surface area contributed by atoms with Gasteiger partial charge in [0.15, 0.2) is 0 Å². The summed E-state index contributed by atoms with van der Waals surface area (Å²) in [5.74, 6) is 0.107. The highest BCUT2D eigenvalue weighted by atomic mass is 79.9. The van der Waals surface area contributed by atoms with Crippen LogP contribution in [0.1, 0.15) is 24.0 Å². The first-order valence-corrected chi connectivity index (χ1v) is 7.89. The van der Waals surface area contributed by atoms with Gasteiger partial charge >= 0.3 is 0 Å². The predicted octanol–water partition coefficient (Wildman–Crippen LogP) is 4.25. The monoisotopic (exact) mass is 329 g/mol. The quantitative estimate of drug-likeness (QED) is 0.834. The number of rotatable bonds is 4. The molecule has 2 aromatic rings. The first kappa shape index (κ1) is 13.4. The molecule has 1 amide bonds. The van der Waals surface area contributed by atoms with Crippen molar-refractivity contribution in [1.29, 1.82) is 0 Å². The Morgan fingerprint density at radius 1 is 1.10 bits per heavy atom. The van der Waals surface area contributed by atoms with Crippen LogP contribution in [-0.4, -0.2) is 5.91 Å². The number of anilines is 1. The average molecular weight is 330 g/mol. The van der Waals surface area contributed by atoms with E-state index in [1.807, 2.05) is 54.6 Å². The Hall–Kier alpha value is -1.61. The zero-order chi connectivity index (χ0) is 14.0. The van der Waals surface area contributed by atoms with Crippen molar-refractivity contribution in [1.82, 2.24) is 0 Å². The normalized spacial score (nSPS) is 15.7. The van der Waals surface area contributed by atoms with Crippen LogP contribution in [0.5, 0.6) is 0 Å². The van der Waals surface area contributed by atoms with E-state index < -0.39 is 0 Å². The molecule has 1 saturated carbocycles. The minimum absolute atomic E-state index is 0.107. The van der Waals surface area contributed by atoms with E-state index in [4.69, 9.17) is 0 Å². The molecule has 1 aliphatic rings. The SMILES string of the molecule is O=C(Nc1cccc(CBr)c1)C1(c2ccccc2)CC1. The minimum atomic E-state index is -0.314. The van der Waals surface area contributed by atoms with Crippen LogP contribution in [0.15, 0.2) is 54.6 Å². The lowest BCUT2D eigenvalue weighted by Gasteiger charge is -2.16. The van der Waals surface area contributed by atoms with Gasteiger partial charge in [0.05, 0.1) is 5.41 Å². The maximum absolute atomic E-state index is 12.6. The van der Waals surface area contributed by atoms with E-state index >= 15 is 0 Å². The van der Waals surface area contributed by atoms with E-state index in [1.165, 1.54) is 0 Å². The molecule has 0 saturated heterocycles. The lowest BCUT2D eigenvalue weighted by Crippen LogP contribution is -2.27. The fourth-order valence-electron chi connectivity index (χ4n) is 2.51. The molecular formula is C17H16BrNO. The van der Waals surface area contributed by atoms with Crippen molar-refractivity contribution >= 4 is 27.5 Å². The third-order valence-electron chi connectivity index (χ3n) is 3.85. The molecule has 0 bridgehead atoms. The zero-order valence-electron chi connectivity index (χ0n) is 11.1. The summed E-state index contributed by atoms with van der Waals surface area (Å²) >= 11 is 3.43. The Morgan fingerprint density at radius 2 is 1.85 bits per heavy atom. The summed E-state index contributed by atoms with van der Waals surface area (Å²) in [5, 5.41) is 3.85. The number of carbonyl (C=O) groups excluding carboxylic acids is 1. The number of amides is 1. The maximum Gasteiger partial charge on any atom is 0.235 e. The molecule has 1 fully saturated rings. The molecule has 1 N–H and O–H groups in total. The molecule has 2 aromatic carbocycles. The fourth-order valence-corrected chi connectivity index (χ4v) is 2.86. The Balaban J connectivity index is 1.80. The standard InChI is InChI=1S/C17H16BrNO/c18-12-13-5-4-8-15(11-13)19-16(20)17(9-10-17)14-6-2-1-3-7-14/h1-8,11H,9-10,12H2,(H,19,20). The van der Waals surface area contributed by atoms with Crippen LogP contribution in [0.2, 0.25) is 0 Å². The maximum atomic E-state index is 12.6. The van der Waals surface area contributed by atoms with E-state index in [0.717, 1.165) is 35.0 Å². The molecule has 2 nitrogen and oxygen atoms in total. The molecule has 0 spiro atoms. The number of halogens is 1. The Labute approximate surface area is 127 Å². The summed E-state index contributed by atoms with van der Waals surface area (Å²) in [7, 11) is 0. The summed E-state index contributed by atoms with van der Waals surface area (Å²) in [5.41, 5.74) is 2.83. The molecule has 0 aliphatic heterocycles. The van der Waals surface area contributed by atoms with Gasteiger partial charge in [0.25, 0.3) is 0 Å². The van der Waals surface area contributed by atoms with Gasteiger partial charge in [0.2, 0.25) is 5.91 Å². The van der Waals surface area contributed by atoms with Gasteiger partial charge < -0.3 is 5.32 Å². The number of benzene rings is 2. The lowest BCUT2D eigenvalue weighted by molar-refractivity contribution is -0.118.